The molecule has 1 atom stereocenters. The molecule has 0 aliphatic rings. The lowest BCUT2D eigenvalue weighted by Crippen LogP contribution is -2.32. The fraction of sp³-hybridized carbons (Fsp3) is 0.857. The molecule has 0 aliphatic carbocycles. The van der Waals surface area contributed by atoms with E-state index in [0.717, 1.165) is 18.8 Å². The normalized spacial score (nSPS) is 15.2. The maximum atomic E-state index is 11.9. The molecule has 3 nitrogen and oxygen atoms in total. The standard InChI is InChI=1S/C14H28N2O/c1-8-16(9-2)12(4)15-11(3)10-13(17)14(5,6)7/h12H,8-10H2,1-7H3/b15-11-. The van der Waals surface area contributed by atoms with E-state index in [1.807, 2.05) is 27.7 Å². The molecular formula is C14H28N2O. The van der Waals surface area contributed by atoms with Gasteiger partial charge in [-0.25, -0.2) is 0 Å². The van der Waals surface area contributed by atoms with E-state index in [-0.39, 0.29) is 17.4 Å². The summed E-state index contributed by atoms with van der Waals surface area (Å²) in [5.74, 6) is 0.255. The molecule has 0 aromatic heterocycles. The van der Waals surface area contributed by atoms with E-state index in [4.69, 9.17) is 0 Å². The van der Waals surface area contributed by atoms with E-state index in [9.17, 15) is 4.79 Å². The second-order valence-corrected chi connectivity index (χ2v) is 5.57. The summed E-state index contributed by atoms with van der Waals surface area (Å²) in [6.07, 6.45) is 0.632. The van der Waals surface area contributed by atoms with Gasteiger partial charge in [0.25, 0.3) is 0 Å². The van der Waals surface area contributed by atoms with Crippen LogP contribution in [-0.2, 0) is 4.79 Å². The zero-order valence-electron chi connectivity index (χ0n) is 12.5. The molecule has 0 fully saturated rings. The third-order valence-corrected chi connectivity index (χ3v) is 3.00. The molecule has 0 amide bonds. The van der Waals surface area contributed by atoms with Crippen LogP contribution in [0.2, 0.25) is 0 Å². The number of carbonyl (C=O) groups is 1. The molecule has 0 aromatic rings. The minimum Gasteiger partial charge on any atom is -0.299 e. The van der Waals surface area contributed by atoms with Crippen LogP contribution in [0.5, 0.6) is 0 Å². The molecule has 0 rings (SSSR count). The van der Waals surface area contributed by atoms with Gasteiger partial charge in [-0.2, -0.15) is 0 Å². The smallest absolute Gasteiger partial charge is 0.143 e. The molecule has 1 unspecified atom stereocenters. The Morgan fingerprint density at radius 2 is 1.71 bits per heavy atom. The molecule has 0 heterocycles. The fourth-order valence-electron chi connectivity index (χ4n) is 1.70. The van der Waals surface area contributed by atoms with Crippen molar-refractivity contribution in [1.29, 1.82) is 0 Å². The second-order valence-electron chi connectivity index (χ2n) is 5.57. The summed E-state index contributed by atoms with van der Waals surface area (Å²) in [6.45, 7) is 16.1. The van der Waals surface area contributed by atoms with Crippen LogP contribution in [-0.4, -0.2) is 35.7 Å². The highest BCUT2D eigenvalue weighted by Crippen LogP contribution is 2.17. The summed E-state index contributed by atoms with van der Waals surface area (Å²) in [6, 6.07) is 0. The number of carbonyl (C=O) groups excluding carboxylic acids is 1. The van der Waals surface area contributed by atoms with Crippen LogP contribution in [0, 0.1) is 5.41 Å². The fourth-order valence-corrected chi connectivity index (χ4v) is 1.70. The lowest BCUT2D eigenvalue weighted by molar-refractivity contribution is -0.125. The summed E-state index contributed by atoms with van der Waals surface area (Å²) >= 11 is 0. The van der Waals surface area contributed by atoms with Crippen molar-refractivity contribution >= 4 is 11.5 Å². The quantitative estimate of drug-likeness (QED) is 0.668. The number of nitrogens with zero attached hydrogens (tertiary/aromatic N) is 2. The van der Waals surface area contributed by atoms with E-state index >= 15 is 0 Å². The Labute approximate surface area is 106 Å². The molecule has 0 aromatic carbocycles. The van der Waals surface area contributed by atoms with Crippen LogP contribution in [0.25, 0.3) is 0 Å². The molecule has 100 valence electrons. The number of ketones is 1. The molecule has 0 saturated heterocycles. The first-order chi connectivity index (χ1) is 7.72. The molecule has 0 radical (unpaired) electrons. The summed E-state index contributed by atoms with van der Waals surface area (Å²) in [5, 5.41) is 0. The van der Waals surface area contributed by atoms with Gasteiger partial charge in [0.2, 0.25) is 0 Å². The zero-order chi connectivity index (χ0) is 13.6. The Bertz CT molecular complexity index is 272. The van der Waals surface area contributed by atoms with Crippen molar-refractivity contribution < 1.29 is 4.79 Å². The van der Waals surface area contributed by atoms with Crippen molar-refractivity contribution in [2.75, 3.05) is 13.1 Å². The monoisotopic (exact) mass is 240 g/mol. The maximum Gasteiger partial charge on any atom is 0.143 e. The van der Waals surface area contributed by atoms with E-state index in [0.29, 0.717) is 6.42 Å². The largest absolute Gasteiger partial charge is 0.299 e. The Kier molecular flexibility index (Phi) is 6.61. The van der Waals surface area contributed by atoms with Gasteiger partial charge in [-0.15, -0.1) is 0 Å². The summed E-state index contributed by atoms with van der Waals surface area (Å²) in [7, 11) is 0. The molecule has 3 heteroatoms. The number of hydrogen-bond donors (Lipinski definition) is 0. The van der Waals surface area contributed by atoms with Gasteiger partial charge in [0.05, 0.1) is 6.17 Å². The van der Waals surface area contributed by atoms with Gasteiger partial charge in [0.1, 0.15) is 5.78 Å². The van der Waals surface area contributed by atoms with Gasteiger partial charge >= 0.3 is 0 Å². The number of rotatable bonds is 6. The van der Waals surface area contributed by atoms with Crippen LogP contribution < -0.4 is 0 Å². The summed E-state index contributed by atoms with van der Waals surface area (Å²) in [4.78, 5) is 18.7. The van der Waals surface area contributed by atoms with E-state index in [1.54, 1.807) is 0 Å². The van der Waals surface area contributed by atoms with E-state index in [1.165, 1.54) is 0 Å². The first-order valence-electron chi connectivity index (χ1n) is 6.53. The number of Topliss-reactive ketones (excluding diaryl/α,β-unsaturated/α-hetero) is 1. The Hall–Kier alpha value is -0.700. The predicted octanol–water partition coefficient (Wildman–Crippen LogP) is 3.14. The lowest BCUT2D eigenvalue weighted by Gasteiger charge is -2.24. The molecule has 0 spiro atoms. The average molecular weight is 240 g/mol. The predicted molar refractivity (Wildman–Crippen MR) is 74.6 cm³/mol. The first kappa shape index (κ1) is 16.3. The SMILES string of the molecule is CCN(CC)C(C)/N=C(/C)CC(=O)C(C)(C)C. The van der Waals surface area contributed by atoms with Gasteiger partial charge < -0.3 is 0 Å². The zero-order valence-corrected chi connectivity index (χ0v) is 12.5. The lowest BCUT2D eigenvalue weighted by atomic mass is 9.88. The minimum absolute atomic E-state index is 0.165. The van der Waals surface area contributed by atoms with Crippen LogP contribution in [0.15, 0.2) is 4.99 Å². The maximum absolute atomic E-state index is 11.9. The molecule has 0 N–H and O–H groups in total. The van der Waals surface area contributed by atoms with E-state index < -0.39 is 0 Å². The van der Waals surface area contributed by atoms with Gasteiger partial charge in [-0.05, 0) is 26.9 Å². The third kappa shape index (κ3) is 5.97. The number of aliphatic imine (C=N–C) groups is 1. The van der Waals surface area contributed by atoms with Crippen LogP contribution in [0.3, 0.4) is 0 Å². The molecule has 17 heavy (non-hydrogen) atoms. The van der Waals surface area contributed by atoms with E-state index in [2.05, 4.69) is 30.7 Å². The highest BCUT2D eigenvalue weighted by Gasteiger charge is 2.21. The van der Waals surface area contributed by atoms with Crippen molar-refractivity contribution in [3.8, 4) is 0 Å². The molecular weight excluding hydrogens is 212 g/mol. The minimum atomic E-state index is -0.269. The van der Waals surface area contributed by atoms with Gasteiger partial charge in [-0.1, -0.05) is 34.6 Å². The van der Waals surface area contributed by atoms with Crippen molar-refractivity contribution in [1.82, 2.24) is 4.90 Å². The Morgan fingerprint density at radius 1 is 1.24 bits per heavy atom. The van der Waals surface area contributed by atoms with Crippen molar-refractivity contribution in [3.63, 3.8) is 0 Å². The number of hydrogen-bond acceptors (Lipinski definition) is 3. The topological polar surface area (TPSA) is 32.7 Å². The third-order valence-electron chi connectivity index (χ3n) is 3.00. The first-order valence-corrected chi connectivity index (χ1v) is 6.53. The Balaban J connectivity index is 4.50. The van der Waals surface area contributed by atoms with Gasteiger partial charge in [-0.3, -0.25) is 14.7 Å². The van der Waals surface area contributed by atoms with Crippen molar-refractivity contribution in [3.05, 3.63) is 0 Å². The van der Waals surface area contributed by atoms with Gasteiger partial charge in [0.15, 0.2) is 0 Å². The van der Waals surface area contributed by atoms with Crippen LogP contribution in [0.4, 0.5) is 0 Å². The molecule has 0 aliphatic heterocycles. The van der Waals surface area contributed by atoms with Crippen molar-refractivity contribution in [2.24, 2.45) is 10.4 Å². The summed E-state index contributed by atoms with van der Waals surface area (Å²) in [5.41, 5.74) is 0.666. The Morgan fingerprint density at radius 3 is 2.06 bits per heavy atom. The highest BCUT2D eigenvalue weighted by atomic mass is 16.1. The van der Waals surface area contributed by atoms with Crippen LogP contribution in [0.1, 0.15) is 54.9 Å². The average Bonchev–Trinajstić information content (AvgIpc) is 2.17. The van der Waals surface area contributed by atoms with Crippen LogP contribution >= 0.6 is 0 Å². The molecule has 0 bridgehead atoms. The second kappa shape index (κ2) is 6.90. The van der Waals surface area contributed by atoms with Crippen molar-refractivity contribution in [2.45, 2.75) is 61.1 Å². The highest BCUT2D eigenvalue weighted by molar-refractivity contribution is 6.02. The summed E-state index contributed by atoms with van der Waals surface area (Å²) < 4.78 is 0. The molecule has 0 saturated carbocycles. The van der Waals surface area contributed by atoms with Gasteiger partial charge in [0, 0.05) is 17.5 Å².